The zero-order valence-electron chi connectivity index (χ0n) is 19.3. The van der Waals surface area contributed by atoms with Gasteiger partial charge < -0.3 is 9.47 Å². The second-order valence-corrected chi connectivity index (χ2v) is 8.22. The number of ether oxygens (including phenoxy) is 2. The molecule has 4 rings (SSSR count). The number of nitrogens with zero attached hydrogens (tertiary/aromatic N) is 5. The van der Waals surface area contributed by atoms with Crippen LogP contribution in [0.4, 0.5) is 0 Å². The molecule has 10 heteroatoms. The topological polar surface area (TPSA) is 104 Å². The minimum atomic E-state index is -0.271. The molecule has 0 fully saturated rings. The van der Waals surface area contributed by atoms with Gasteiger partial charge in [0.15, 0.2) is 22.5 Å². The molecule has 0 radical (unpaired) electrons. The van der Waals surface area contributed by atoms with Crippen LogP contribution in [0.25, 0.3) is 11.4 Å². The van der Waals surface area contributed by atoms with Gasteiger partial charge in [0, 0.05) is 23.5 Å². The SMILES string of the molecule is COc1cccc(/C=N/NC(=O)CSc2nnc(-c3ccncc3)n2Cc2ccccc2)c1OC. The number of amides is 1. The maximum absolute atomic E-state index is 12.5. The van der Waals surface area contributed by atoms with Gasteiger partial charge in [0.1, 0.15) is 0 Å². The van der Waals surface area contributed by atoms with E-state index in [4.69, 9.17) is 9.47 Å². The van der Waals surface area contributed by atoms with Crippen LogP contribution in [0.5, 0.6) is 11.5 Å². The van der Waals surface area contributed by atoms with E-state index in [2.05, 4.69) is 25.7 Å². The summed E-state index contributed by atoms with van der Waals surface area (Å²) >= 11 is 1.29. The normalized spacial score (nSPS) is 10.9. The minimum Gasteiger partial charge on any atom is -0.493 e. The van der Waals surface area contributed by atoms with E-state index in [-0.39, 0.29) is 11.7 Å². The molecule has 0 bridgehead atoms. The van der Waals surface area contributed by atoms with Crippen LogP contribution in [0, 0.1) is 0 Å². The van der Waals surface area contributed by atoms with Crippen molar-refractivity contribution in [3.63, 3.8) is 0 Å². The zero-order valence-corrected chi connectivity index (χ0v) is 20.1. The number of aromatic nitrogens is 4. The Morgan fingerprint density at radius 1 is 1.03 bits per heavy atom. The molecule has 0 aliphatic rings. The van der Waals surface area contributed by atoms with Crippen LogP contribution in [-0.2, 0) is 11.3 Å². The molecule has 178 valence electrons. The predicted molar refractivity (Wildman–Crippen MR) is 135 cm³/mol. The highest BCUT2D eigenvalue weighted by atomic mass is 32.2. The largest absolute Gasteiger partial charge is 0.493 e. The highest BCUT2D eigenvalue weighted by Gasteiger charge is 2.16. The molecule has 2 aromatic heterocycles. The van der Waals surface area contributed by atoms with Crippen molar-refractivity contribution in [1.29, 1.82) is 0 Å². The summed E-state index contributed by atoms with van der Waals surface area (Å²) in [4.78, 5) is 16.5. The number of carbonyl (C=O) groups is 1. The van der Waals surface area contributed by atoms with Gasteiger partial charge in [-0.15, -0.1) is 10.2 Å². The van der Waals surface area contributed by atoms with Gasteiger partial charge in [-0.25, -0.2) is 5.43 Å². The van der Waals surface area contributed by atoms with E-state index in [0.717, 1.165) is 11.1 Å². The molecular weight excluding hydrogens is 464 g/mol. The number of hydrogen-bond donors (Lipinski definition) is 1. The second kappa shape index (κ2) is 11.8. The molecule has 2 aromatic carbocycles. The summed E-state index contributed by atoms with van der Waals surface area (Å²) in [5.74, 6) is 1.69. The van der Waals surface area contributed by atoms with E-state index in [1.807, 2.05) is 59.2 Å². The van der Waals surface area contributed by atoms with Crippen molar-refractivity contribution in [2.45, 2.75) is 11.7 Å². The predicted octanol–water partition coefficient (Wildman–Crippen LogP) is 3.65. The number of pyridine rings is 1. The summed E-state index contributed by atoms with van der Waals surface area (Å²) in [5.41, 5.74) is 5.23. The Labute approximate surface area is 207 Å². The lowest BCUT2D eigenvalue weighted by Crippen LogP contribution is -2.20. The Balaban J connectivity index is 1.45. The summed E-state index contributed by atoms with van der Waals surface area (Å²) in [7, 11) is 3.12. The van der Waals surface area contributed by atoms with Gasteiger partial charge in [0.25, 0.3) is 5.91 Å². The molecule has 4 aromatic rings. The van der Waals surface area contributed by atoms with Crippen molar-refractivity contribution in [3.8, 4) is 22.9 Å². The maximum Gasteiger partial charge on any atom is 0.250 e. The second-order valence-electron chi connectivity index (χ2n) is 7.28. The first kappa shape index (κ1) is 24.0. The van der Waals surface area contributed by atoms with Gasteiger partial charge in [-0.1, -0.05) is 48.2 Å². The van der Waals surface area contributed by atoms with Crippen molar-refractivity contribution in [2.75, 3.05) is 20.0 Å². The van der Waals surface area contributed by atoms with Gasteiger partial charge in [-0.05, 0) is 29.8 Å². The number of nitrogens with one attached hydrogen (secondary N) is 1. The Morgan fingerprint density at radius 3 is 2.57 bits per heavy atom. The number of carbonyl (C=O) groups excluding carboxylic acids is 1. The third kappa shape index (κ3) is 6.04. The Kier molecular flexibility index (Phi) is 8.08. The van der Waals surface area contributed by atoms with Crippen molar-refractivity contribution >= 4 is 23.9 Å². The van der Waals surface area contributed by atoms with Gasteiger partial charge in [0.2, 0.25) is 0 Å². The van der Waals surface area contributed by atoms with Crippen LogP contribution >= 0.6 is 11.8 Å². The lowest BCUT2D eigenvalue weighted by molar-refractivity contribution is -0.118. The van der Waals surface area contributed by atoms with Crippen LogP contribution in [0.1, 0.15) is 11.1 Å². The van der Waals surface area contributed by atoms with E-state index in [0.29, 0.717) is 34.6 Å². The number of para-hydroxylation sites is 1. The first-order chi connectivity index (χ1) is 17.2. The van der Waals surface area contributed by atoms with Crippen molar-refractivity contribution in [2.24, 2.45) is 5.10 Å². The van der Waals surface area contributed by atoms with Crippen LogP contribution < -0.4 is 14.9 Å². The highest BCUT2D eigenvalue weighted by molar-refractivity contribution is 7.99. The van der Waals surface area contributed by atoms with Crippen molar-refractivity contribution in [1.82, 2.24) is 25.2 Å². The third-order valence-corrected chi connectivity index (χ3v) is 5.96. The van der Waals surface area contributed by atoms with Crippen LogP contribution in [-0.4, -0.2) is 51.8 Å². The van der Waals surface area contributed by atoms with E-state index in [9.17, 15) is 4.79 Å². The molecule has 9 nitrogen and oxygen atoms in total. The zero-order chi connectivity index (χ0) is 24.5. The lowest BCUT2D eigenvalue weighted by atomic mass is 10.2. The molecule has 0 aliphatic carbocycles. The van der Waals surface area contributed by atoms with Crippen molar-refractivity contribution in [3.05, 3.63) is 84.2 Å². The van der Waals surface area contributed by atoms with Gasteiger partial charge in [-0.2, -0.15) is 5.10 Å². The molecule has 1 N–H and O–H groups in total. The Morgan fingerprint density at radius 2 is 1.83 bits per heavy atom. The van der Waals surface area contributed by atoms with Crippen LogP contribution in [0.2, 0.25) is 0 Å². The summed E-state index contributed by atoms with van der Waals surface area (Å²) < 4.78 is 12.7. The van der Waals surface area contributed by atoms with Crippen molar-refractivity contribution < 1.29 is 14.3 Å². The summed E-state index contributed by atoms with van der Waals surface area (Å²) in [6.07, 6.45) is 4.95. The third-order valence-electron chi connectivity index (χ3n) is 5.00. The molecule has 2 heterocycles. The quantitative estimate of drug-likeness (QED) is 0.206. The first-order valence-electron chi connectivity index (χ1n) is 10.7. The monoisotopic (exact) mass is 488 g/mol. The van der Waals surface area contributed by atoms with E-state index in [1.165, 1.54) is 18.0 Å². The number of benzene rings is 2. The average Bonchev–Trinajstić information content (AvgIpc) is 3.30. The van der Waals surface area contributed by atoms with Crippen LogP contribution in [0.15, 0.2) is 83.3 Å². The molecule has 0 saturated carbocycles. The molecule has 0 spiro atoms. The van der Waals surface area contributed by atoms with E-state index >= 15 is 0 Å². The molecule has 1 amide bonds. The minimum absolute atomic E-state index is 0.121. The summed E-state index contributed by atoms with van der Waals surface area (Å²) in [6, 6.07) is 19.2. The fraction of sp³-hybridized carbons (Fsp3) is 0.160. The molecule has 35 heavy (non-hydrogen) atoms. The number of hydrazone groups is 1. The number of methoxy groups -OCH3 is 2. The smallest absolute Gasteiger partial charge is 0.250 e. The van der Waals surface area contributed by atoms with Gasteiger partial charge in [-0.3, -0.25) is 14.3 Å². The molecule has 0 saturated heterocycles. The molecule has 0 unspecified atom stereocenters. The number of rotatable bonds is 10. The molecular formula is C25H24N6O3S. The van der Waals surface area contributed by atoms with E-state index < -0.39 is 0 Å². The fourth-order valence-electron chi connectivity index (χ4n) is 3.37. The van der Waals surface area contributed by atoms with Gasteiger partial charge >= 0.3 is 0 Å². The summed E-state index contributed by atoms with van der Waals surface area (Å²) in [6.45, 7) is 0.573. The van der Waals surface area contributed by atoms with Crippen LogP contribution in [0.3, 0.4) is 0 Å². The lowest BCUT2D eigenvalue weighted by Gasteiger charge is -2.10. The highest BCUT2D eigenvalue weighted by Crippen LogP contribution is 2.29. The number of thioether (sulfide) groups is 1. The first-order valence-corrected chi connectivity index (χ1v) is 11.7. The van der Waals surface area contributed by atoms with E-state index in [1.54, 1.807) is 32.7 Å². The Bertz CT molecular complexity index is 1300. The Hall–Kier alpha value is -4.18. The average molecular weight is 489 g/mol. The molecule has 0 aliphatic heterocycles. The van der Waals surface area contributed by atoms with Gasteiger partial charge in [0.05, 0.1) is 32.7 Å². The fourth-order valence-corrected chi connectivity index (χ4v) is 4.10. The molecule has 0 atom stereocenters. The summed E-state index contributed by atoms with van der Waals surface area (Å²) in [5, 5.41) is 13.4. The standard InChI is InChI=1S/C25H24N6O3S/c1-33-21-10-6-9-20(23(21)34-2)15-27-28-22(32)17-35-25-30-29-24(19-11-13-26-14-12-19)31(25)16-18-7-4-3-5-8-18/h3-15H,16-17H2,1-2H3,(H,28,32)/b27-15+. The number of hydrogen-bond acceptors (Lipinski definition) is 8. The maximum atomic E-state index is 12.5.